The lowest BCUT2D eigenvalue weighted by Gasteiger charge is -2.08. The summed E-state index contributed by atoms with van der Waals surface area (Å²) in [7, 11) is 0. The molecule has 1 heterocycles. The number of aromatic nitrogens is 2. The van der Waals surface area contributed by atoms with E-state index >= 15 is 0 Å². The lowest BCUT2D eigenvalue weighted by Crippen LogP contribution is -2.34. The molecular weight excluding hydrogens is 222 g/mol. The van der Waals surface area contributed by atoms with Crippen molar-refractivity contribution in [1.82, 2.24) is 9.36 Å². The molecule has 0 bridgehead atoms. The number of ether oxygens (including phenoxy) is 1. The fourth-order valence-electron chi connectivity index (χ4n) is 0.705. The Hall–Kier alpha value is -0.660. The Kier molecular flexibility index (Phi) is 4.85. The van der Waals surface area contributed by atoms with Crippen molar-refractivity contribution in [2.45, 2.75) is 17.3 Å². The summed E-state index contributed by atoms with van der Waals surface area (Å²) in [6.07, 6.45) is 1.48. The first-order valence-electron chi connectivity index (χ1n) is 4.05. The minimum absolute atomic E-state index is 0.357. The van der Waals surface area contributed by atoms with Crippen molar-refractivity contribution < 1.29 is 9.53 Å². The summed E-state index contributed by atoms with van der Waals surface area (Å²) in [6, 6.07) is -0.594. The Bertz CT molecular complexity index is 278. The van der Waals surface area contributed by atoms with Crippen molar-refractivity contribution >= 4 is 29.3 Å². The second-order valence-corrected chi connectivity index (χ2v) is 4.42. The zero-order chi connectivity index (χ0) is 10.4. The Morgan fingerprint density at radius 2 is 2.64 bits per heavy atom. The fraction of sp³-hybridized carbons (Fsp3) is 0.571. The van der Waals surface area contributed by atoms with Crippen LogP contribution in [0.5, 0.6) is 0 Å². The number of hydrogen-bond acceptors (Lipinski definition) is 7. The summed E-state index contributed by atoms with van der Waals surface area (Å²) in [5.74, 6) is 0.0955. The first-order valence-corrected chi connectivity index (χ1v) is 5.81. The third-order valence-electron chi connectivity index (χ3n) is 1.32. The van der Waals surface area contributed by atoms with E-state index in [0.717, 1.165) is 4.34 Å². The van der Waals surface area contributed by atoms with Gasteiger partial charge in [0, 0.05) is 5.75 Å². The highest BCUT2D eigenvalue weighted by Gasteiger charge is 2.15. The predicted octanol–water partition coefficient (Wildman–Crippen LogP) is 0.521. The monoisotopic (exact) mass is 233 g/mol. The maximum atomic E-state index is 11.1. The second kappa shape index (κ2) is 5.94. The topological polar surface area (TPSA) is 78.1 Å². The van der Waals surface area contributed by atoms with Crippen LogP contribution < -0.4 is 5.73 Å². The van der Waals surface area contributed by atoms with Gasteiger partial charge < -0.3 is 10.5 Å². The minimum atomic E-state index is -0.594. The van der Waals surface area contributed by atoms with Crippen molar-refractivity contribution in [3.63, 3.8) is 0 Å². The number of nitrogens with zero attached hydrogens (tertiary/aromatic N) is 2. The normalized spacial score (nSPS) is 12.4. The molecule has 1 aromatic rings. The van der Waals surface area contributed by atoms with Crippen LogP contribution in [0.25, 0.3) is 0 Å². The number of thioether (sulfide) groups is 1. The third-order valence-corrected chi connectivity index (χ3v) is 3.23. The number of rotatable bonds is 5. The highest BCUT2D eigenvalue weighted by Crippen LogP contribution is 2.18. The number of carbonyl (C=O) groups excluding carboxylic acids is 1. The van der Waals surface area contributed by atoms with E-state index < -0.39 is 6.04 Å². The van der Waals surface area contributed by atoms with Crippen molar-refractivity contribution in [3.05, 3.63) is 6.33 Å². The molecule has 0 aliphatic carbocycles. The van der Waals surface area contributed by atoms with Crippen LogP contribution >= 0.6 is 23.3 Å². The molecule has 0 aromatic carbocycles. The Morgan fingerprint density at radius 1 is 1.86 bits per heavy atom. The number of carbonyl (C=O) groups is 1. The number of nitrogens with two attached hydrogens (primary N) is 1. The zero-order valence-electron chi connectivity index (χ0n) is 7.67. The van der Waals surface area contributed by atoms with Gasteiger partial charge in [-0.1, -0.05) is 11.8 Å². The van der Waals surface area contributed by atoms with Gasteiger partial charge in [-0.15, -0.1) is 0 Å². The molecule has 14 heavy (non-hydrogen) atoms. The van der Waals surface area contributed by atoms with Gasteiger partial charge in [0.25, 0.3) is 0 Å². The molecule has 0 saturated carbocycles. The van der Waals surface area contributed by atoms with Gasteiger partial charge in [-0.3, -0.25) is 4.79 Å². The molecule has 0 aliphatic rings. The third kappa shape index (κ3) is 3.60. The summed E-state index contributed by atoms with van der Waals surface area (Å²) in [4.78, 5) is 15.1. The van der Waals surface area contributed by atoms with Crippen molar-refractivity contribution in [1.29, 1.82) is 0 Å². The van der Waals surface area contributed by atoms with Gasteiger partial charge in [-0.05, 0) is 18.5 Å². The average Bonchev–Trinajstić information content (AvgIpc) is 2.67. The van der Waals surface area contributed by atoms with Gasteiger partial charge >= 0.3 is 5.97 Å². The predicted molar refractivity (Wildman–Crippen MR) is 55.2 cm³/mol. The number of hydrogen-bond donors (Lipinski definition) is 1. The fourth-order valence-corrected chi connectivity index (χ4v) is 2.11. The van der Waals surface area contributed by atoms with E-state index in [9.17, 15) is 4.79 Å². The molecule has 78 valence electrons. The first-order chi connectivity index (χ1) is 6.74. The molecule has 0 spiro atoms. The molecule has 0 aliphatic heterocycles. The van der Waals surface area contributed by atoms with Gasteiger partial charge in [0.1, 0.15) is 12.4 Å². The van der Waals surface area contributed by atoms with Crippen molar-refractivity contribution in [2.24, 2.45) is 5.73 Å². The van der Waals surface area contributed by atoms with E-state index in [1.165, 1.54) is 29.6 Å². The van der Waals surface area contributed by atoms with Crippen LogP contribution in [-0.2, 0) is 9.53 Å². The SMILES string of the molecule is CCOC(=O)C(N)CSc1ncns1. The Balaban J connectivity index is 2.27. The second-order valence-electron chi connectivity index (χ2n) is 2.38. The maximum Gasteiger partial charge on any atom is 0.323 e. The standard InChI is InChI=1S/C7H11N3O2S2/c1-2-12-6(11)5(8)3-13-7-9-4-10-14-7/h4-5H,2-3,8H2,1H3. The summed E-state index contributed by atoms with van der Waals surface area (Å²) in [5.41, 5.74) is 5.58. The molecule has 1 rings (SSSR count). The van der Waals surface area contributed by atoms with Crippen molar-refractivity contribution in [3.8, 4) is 0 Å². The quantitative estimate of drug-likeness (QED) is 0.590. The summed E-state index contributed by atoms with van der Waals surface area (Å²) >= 11 is 2.69. The van der Waals surface area contributed by atoms with E-state index in [2.05, 4.69) is 9.36 Å². The molecule has 0 saturated heterocycles. The molecule has 7 heteroatoms. The molecular formula is C7H11N3O2S2. The zero-order valence-corrected chi connectivity index (χ0v) is 9.31. The van der Waals surface area contributed by atoms with Crippen molar-refractivity contribution in [2.75, 3.05) is 12.4 Å². The summed E-state index contributed by atoms with van der Waals surface area (Å²) < 4.78 is 9.41. The smallest absolute Gasteiger partial charge is 0.323 e. The molecule has 1 atom stereocenters. The van der Waals surface area contributed by atoms with E-state index in [-0.39, 0.29) is 5.97 Å². The lowest BCUT2D eigenvalue weighted by atomic mass is 10.4. The Labute approximate surface area is 90.2 Å². The van der Waals surface area contributed by atoms with E-state index in [0.29, 0.717) is 12.4 Å². The average molecular weight is 233 g/mol. The van der Waals surface area contributed by atoms with Gasteiger partial charge in [0.05, 0.1) is 6.61 Å². The van der Waals surface area contributed by atoms with Crippen LogP contribution in [0.2, 0.25) is 0 Å². The van der Waals surface area contributed by atoms with Crippen LogP contribution in [0, 0.1) is 0 Å². The number of esters is 1. The summed E-state index contributed by atoms with van der Waals surface area (Å²) in [6.45, 7) is 2.11. The van der Waals surface area contributed by atoms with E-state index in [1.54, 1.807) is 6.92 Å². The van der Waals surface area contributed by atoms with Gasteiger partial charge in [0.2, 0.25) is 0 Å². The highest BCUT2D eigenvalue weighted by molar-refractivity contribution is 8.01. The van der Waals surface area contributed by atoms with Crippen LogP contribution in [0.4, 0.5) is 0 Å². The van der Waals surface area contributed by atoms with E-state index in [4.69, 9.17) is 10.5 Å². The molecule has 0 fully saturated rings. The lowest BCUT2D eigenvalue weighted by molar-refractivity contribution is -0.144. The Morgan fingerprint density at radius 3 is 3.21 bits per heavy atom. The van der Waals surface area contributed by atoms with Crippen LogP contribution in [0.3, 0.4) is 0 Å². The molecule has 5 nitrogen and oxygen atoms in total. The van der Waals surface area contributed by atoms with Gasteiger partial charge in [0.15, 0.2) is 4.34 Å². The van der Waals surface area contributed by atoms with Crippen LogP contribution in [-0.4, -0.2) is 33.7 Å². The van der Waals surface area contributed by atoms with Crippen LogP contribution in [0.1, 0.15) is 6.92 Å². The van der Waals surface area contributed by atoms with Gasteiger partial charge in [-0.2, -0.15) is 4.37 Å². The maximum absolute atomic E-state index is 11.1. The molecule has 1 aromatic heterocycles. The highest BCUT2D eigenvalue weighted by atomic mass is 32.2. The first kappa shape index (κ1) is 11.4. The largest absolute Gasteiger partial charge is 0.465 e. The summed E-state index contributed by atoms with van der Waals surface area (Å²) in [5, 5.41) is 0. The minimum Gasteiger partial charge on any atom is -0.465 e. The molecule has 2 N–H and O–H groups in total. The molecule has 0 amide bonds. The van der Waals surface area contributed by atoms with Crippen LogP contribution in [0.15, 0.2) is 10.7 Å². The molecule has 1 unspecified atom stereocenters. The molecule has 0 radical (unpaired) electrons. The van der Waals surface area contributed by atoms with E-state index in [1.807, 2.05) is 0 Å². The van der Waals surface area contributed by atoms with Gasteiger partial charge in [-0.25, -0.2) is 4.98 Å².